The van der Waals surface area contributed by atoms with Crippen LogP contribution < -0.4 is 11.3 Å². The monoisotopic (exact) mass is 297 g/mol. The number of carbonyl (C=O) groups is 1. The molecule has 1 aromatic carbocycles. The second kappa shape index (κ2) is 5.50. The summed E-state index contributed by atoms with van der Waals surface area (Å²) in [6, 6.07) is 5.03. The average Bonchev–Trinajstić information content (AvgIpc) is 2.48. The highest BCUT2D eigenvalue weighted by molar-refractivity contribution is 5.87. The van der Waals surface area contributed by atoms with Crippen LogP contribution in [0.15, 0.2) is 35.1 Å². The molecule has 1 atom stereocenters. The quantitative estimate of drug-likeness (QED) is 0.860. The Morgan fingerprint density at radius 2 is 2.18 bits per heavy atom. The van der Waals surface area contributed by atoms with Crippen LogP contribution in [0, 0.1) is 6.92 Å². The Hall–Kier alpha value is -2.27. The number of aryl methyl sites for hydroxylation is 1. The summed E-state index contributed by atoms with van der Waals surface area (Å²) in [6.07, 6.45) is 1.71. The molecule has 5 nitrogen and oxygen atoms in total. The number of nitrogens with two attached hydrogens (primary N) is 1. The van der Waals surface area contributed by atoms with Crippen molar-refractivity contribution in [1.29, 1.82) is 0 Å². The van der Waals surface area contributed by atoms with E-state index in [1.807, 2.05) is 12.1 Å². The lowest BCUT2D eigenvalue weighted by Crippen LogP contribution is -2.35. The molecule has 0 radical (unpaired) electrons. The minimum absolute atomic E-state index is 0.0350. The Bertz CT molecular complexity index is 836. The van der Waals surface area contributed by atoms with E-state index in [1.54, 1.807) is 13.0 Å². The lowest BCUT2D eigenvalue weighted by atomic mass is 9.90. The van der Waals surface area contributed by atoms with Crippen LogP contribution in [0.5, 0.6) is 0 Å². The molecule has 114 valence electrons. The van der Waals surface area contributed by atoms with Gasteiger partial charge >= 0.3 is 0 Å². The Kier molecular flexibility index (Phi) is 3.66. The molecule has 22 heavy (non-hydrogen) atoms. The standard InChI is InChI=1S/C17H19N3O2/c1-10-6-7-14(15(21)8-10)20-11(2)19-13-5-3-4-12(9-18)16(13)17(20)22/h3-5,14H,1,6-9,18H2,2H3. The first-order valence-electron chi connectivity index (χ1n) is 7.43. The lowest BCUT2D eigenvalue weighted by molar-refractivity contribution is -0.122. The highest BCUT2D eigenvalue weighted by Gasteiger charge is 2.28. The summed E-state index contributed by atoms with van der Waals surface area (Å²) in [5.74, 6) is 0.602. The summed E-state index contributed by atoms with van der Waals surface area (Å²) in [6.45, 7) is 5.92. The SMILES string of the molecule is C=C1CCC(n2c(C)nc3cccc(CN)c3c2=O)C(=O)C1. The smallest absolute Gasteiger partial charge is 0.262 e. The van der Waals surface area contributed by atoms with Gasteiger partial charge in [-0.1, -0.05) is 24.3 Å². The topological polar surface area (TPSA) is 78.0 Å². The predicted molar refractivity (Wildman–Crippen MR) is 85.7 cm³/mol. The zero-order valence-electron chi connectivity index (χ0n) is 12.6. The highest BCUT2D eigenvalue weighted by atomic mass is 16.1. The molecule has 2 aromatic rings. The fourth-order valence-electron chi connectivity index (χ4n) is 3.19. The van der Waals surface area contributed by atoms with Crippen molar-refractivity contribution in [2.45, 2.75) is 38.8 Å². The molecule has 1 unspecified atom stereocenters. The molecule has 0 aliphatic heterocycles. The van der Waals surface area contributed by atoms with Crippen molar-refractivity contribution in [1.82, 2.24) is 9.55 Å². The predicted octanol–water partition coefficient (Wildman–Crippen LogP) is 2.01. The number of fused-ring (bicyclic) bond motifs is 1. The second-order valence-corrected chi connectivity index (χ2v) is 5.80. The number of nitrogens with zero attached hydrogens (tertiary/aromatic N) is 2. The normalized spacial score (nSPS) is 18.9. The first kappa shape index (κ1) is 14.7. The summed E-state index contributed by atoms with van der Waals surface area (Å²) in [4.78, 5) is 29.8. The van der Waals surface area contributed by atoms with E-state index in [0.717, 1.165) is 17.6 Å². The summed E-state index contributed by atoms with van der Waals surface area (Å²) in [7, 11) is 0. The van der Waals surface area contributed by atoms with E-state index in [4.69, 9.17) is 5.73 Å². The van der Waals surface area contributed by atoms with Crippen LogP contribution in [0.1, 0.15) is 36.7 Å². The van der Waals surface area contributed by atoms with Gasteiger partial charge in [0.25, 0.3) is 5.56 Å². The molecule has 0 saturated heterocycles. The third-order valence-corrected chi connectivity index (χ3v) is 4.29. The van der Waals surface area contributed by atoms with Gasteiger partial charge in [0, 0.05) is 13.0 Å². The molecule has 2 N–H and O–H groups in total. The molecule has 1 saturated carbocycles. The van der Waals surface area contributed by atoms with E-state index in [9.17, 15) is 9.59 Å². The molecular formula is C17H19N3O2. The third kappa shape index (κ3) is 2.27. The van der Waals surface area contributed by atoms with Crippen molar-refractivity contribution >= 4 is 16.7 Å². The van der Waals surface area contributed by atoms with Crippen LogP contribution in [-0.4, -0.2) is 15.3 Å². The highest BCUT2D eigenvalue weighted by Crippen LogP contribution is 2.28. The van der Waals surface area contributed by atoms with Crippen molar-refractivity contribution in [3.05, 3.63) is 52.1 Å². The molecule has 1 aliphatic rings. The number of carbonyl (C=O) groups excluding carboxylic acids is 1. The summed E-state index contributed by atoms with van der Waals surface area (Å²) >= 11 is 0. The van der Waals surface area contributed by atoms with Crippen LogP contribution in [-0.2, 0) is 11.3 Å². The van der Waals surface area contributed by atoms with Gasteiger partial charge in [0.2, 0.25) is 0 Å². The number of hydrogen-bond donors (Lipinski definition) is 1. The largest absolute Gasteiger partial charge is 0.326 e. The van der Waals surface area contributed by atoms with Crippen molar-refractivity contribution in [2.75, 3.05) is 0 Å². The van der Waals surface area contributed by atoms with Crippen LogP contribution in [0.3, 0.4) is 0 Å². The van der Waals surface area contributed by atoms with Gasteiger partial charge in [-0.2, -0.15) is 0 Å². The van der Waals surface area contributed by atoms with Crippen molar-refractivity contribution in [3.63, 3.8) is 0 Å². The Balaban J connectivity index is 2.24. The van der Waals surface area contributed by atoms with E-state index in [2.05, 4.69) is 11.6 Å². The van der Waals surface area contributed by atoms with E-state index in [0.29, 0.717) is 29.6 Å². The molecule has 1 aromatic heterocycles. The zero-order valence-corrected chi connectivity index (χ0v) is 12.6. The third-order valence-electron chi connectivity index (χ3n) is 4.29. The number of rotatable bonds is 2. The minimum atomic E-state index is -0.444. The number of Topliss-reactive ketones (excluding diaryl/α,β-unsaturated/α-hetero) is 1. The van der Waals surface area contributed by atoms with Crippen LogP contribution >= 0.6 is 0 Å². The Morgan fingerprint density at radius 1 is 1.41 bits per heavy atom. The van der Waals surface area contributed by atoms with Gasteiger partial charge in [0.15, 0.2) is 5.78 Å². The maximum absolute atomic E-state index is 12.9. The molecule has 1 fully saturated rings. The summed E-state index contributed by atoms with van der Waals surface area (Å²) in [5, 5.41) is 0.521. The average molecular weight is 297 g/mol. The Morgan fingerprint density at radius 3 is 2.86 bits per heavy atom. The van der Waals surface area contributed by atoms with Gasteiger partial charge in [-0.15, -0.1) is 0 Å². The molecule has 0 bridgehead atoms. The van der Waals surface area contributed by atoms with Crippen LogP contribution in [0.25, 0.3) is 10.9 Å². The molecule has 1 aliphatic carbocycles. The molecular weight excluding hydrogens is 278 g/mol. The lowest BCUT2D eigenvalue weighted by Gasteiger charge is -2.25. The Labute approximate surface area is 128 Å². The number of allylic oxidation sites excluding steroid dienone is 1. The molecule has 3 rings (SSSR count). The van der Waals surface area contributed by atoms with E-state index in [-0.39, 0.29) is 17.9 Å². The molecule has 1 heterocycles. The van der Waals surface area contributed by atoms with Gasteiger partial charge in [0.05, 0.1) is 16.9 Å². The van der Waals surface area contributed by atoms with Crippen molar-refractivity contribution in [3.8, 4) is 0 Å². The van der Waals surface area contributed by atoms with Crippen molar-refractivity contribution in [2.24, 2.45) is 5.73 Å². The van der Waals surface area contributed by atoms with Crippen LogP contribution in [0.2, 0.25) is 0 Å². The van der Waals surface area contributed by atoms with Gasteiger partial charge in [-0.3, -0.25) is 14.2 Å². The molecule has 5 heteroatoms. The maximum atomic E-state index is 12.9. The van der Waals surface area contributed by atoms with E-state index < -0.39 is 6.04 Å². The van der Waals surface area contributed by atoms with Crippen molar-refractivity contribution < 1.29 is 4.79 Å². The molecule has 0 amide bonds. The molecule has 0 spiro atoms. The number of benzene rings is 1. The minimum Gasteiger partial charge on any atom is -0.326 e. The van der Waals surface area contributed by atoms with Gasteiger partial charge in [-0.05, 0) is 31.4 Å². The fraction of sp³-hybridized carbons (Fsp3) is 0.353. The van der Waals surface area contributed by atoms with Gasteiger partial charge in [-0.25, -0.2) is 4.98 Å². The first-order valence-corrected chi connectivity index (χ1v) is 7.43. The number of ketones is 1. The maximum Gasteiger partial charge on any atom is 0.262 e. The summed E-state index contributed by atoms with van der Waals surface area (Å²) in [5.41, 5.74) is 7.90. The first-order chi connectivity index (χ1) is 10.5. The van der Waals surface area contributed by atoms with E-state index in [1.165, 1.54) is 4.57 Å². The summed E-state index contributed by atoms with van der Waals surface area (Å²) < 4.78 is 1.54. The van der Waals surface area contributed by atoms with Gasteiger partial charge < -0.3 is 5.73 Å². The second-order valence-electron chi connectivity index (χ2n) is 5.80. The number of aromatic nitrogens is 2. The van der Waals surface area contributed by atoms with E-state index >= 15 is 0 Å². The fourth-order valence-corrected chi connectivity index (χ4v) is 3.19. The van der Waals surface area contributed by atoms with Crippen LogP contribution in [0.4, 0.5) is 0 Å². The van der Waals surface area contributed by atoms with Gasteiger partial charge in [0.1, 0.15) is 5.82 Å². The number of hydrogen-bond acceptors (Lipinski definition) is 4. The zero-order chi connectivity index (χ0) is 15.9.